The van der Waals surface area contributed by atoms with Gasteiger partial charge in [0.1, 0.15) is 5.52 Å². The normalized spacial score (nSPS) is 10.3. The number of nitrogens with zero attached hydrogens (tertiary/aromatic N) is 3. The maximum Gasteiger partial charge on any atom is 0.356 e. The summed E-state index contributed by atoms with van der Waals surface area (Å²) in [5.41, 5.74) is 0.568. The molecule has 6 nitrogen and oxygen atoms in total. The van der Waals surface area contributed by atoms with Gasteiger partial charge in [-0.25, -0.2) is 14.8 Å². The lowest BCUT2D eigenvalue weighted by Crippen LogP contribution is -1.97. The monoisotopic (exact) mass is 164 g/mol. The highest BCUT2D eigenvalue weighted by Gasteiger charge is 2.12. The van der Waals surface area contributed by atoms with Gasteiger partial charge in [-0.1, -0.05) is 0 Å². The number of aromatic nitrogens is 4. The summed E-state index contributed by atoms with van der Waals surface area (Å²) in [7, 11) is 0. The molecule has 2 N–H and O–H groups in total. The molecule has 0 aliphatic heterocycles. The lowest BCUT2D eigenvalue weighted by molar-refractivity contribution is 0.0692. The third-order valence-electron chi connectivity index (χ3n) is 1.40. The van der Waals surface area contributed by atoms with E-state index in [9.17, 15) is 4.79 Å². The molecule has 0 aliphatic rings. The number of carboxylic acid groups (broad SMARTS) is 1. The fraction of sp³-hybridized carbons (Fsp3) is 0. The van der Waals surface area contributed by atoms with E-state index in [0.29, 0.717) is 5.65 Å². The summed E-state index contributed by atoms with van der Waals surface area (Å²) < 4.78 is 0. The molecule has 0 fully saturated rings. The number of hydrogen-bond donors (Lipinski definition) is 2. The average Bonchev–Trinajstić information content (AvgIpc) is 2.47. The smallest absolute Gasteiger partial charge is 0.356 e. The molecule has 0 amide bonds. The Labute approximate surface area is 66.3 Å². The van der Waals surface area contributed by atoms with Crippen molar-refractivity contribution >= 4 is 17.1 Å². The van der Waals surface area contributed by atoms with Crippen LogP contribution in [0.1, 0.15) is 10.5 Å². The minimum absolute atomic E-state index is 0.0295. The predicted molar refractivity (Wildman–Crippen MR) is 38.6 cm³/mol. The third-order valence-corrected chi connectivity index (χ3v) is 1.40. The van der Waals surface area contributed by atoms with Crippen LogP contribution in [0, 0.1) is 0 Å². The van der Waals surface area contributed by atoms with Crippen LogP contribution in [0.15, 0.2) is 12.4 Å². The van der Waals surface area contributed by atoms with Crippen molar-refractivity contribution < 1.29 is 9.90 Å². The first-order chi connectivity index (χ1) is 5.79. The minimum atomic E-state index is -1.09. The Hall–Kier alpha value is -1.98. The van der Waals surface area contributed by atoms with Crippen molar-refractivity contribution in [1.29, 1.82) is 0 Å². The van der Waals surface area contributed by atoms with Crippen molar-refractivity contribution in [1.82, 2.24) is 20.2 Å². The van der Waals surface area contributed by atoms with Crippen LogP contribution in [0.5, 0.6) is 0 Å². The Morgan fingerprint density at radius 1 is 1.42 bits per heavy atom. The number of aromatic amines is 1. The van der Waals surface area contributed by atoms with Crippen LogP contribution < -0.4 is 0 Å². The third kappa shape index (κ3) is 0.815. The molecule has 2 heterocycles. The second-order valence-corrected chi connectivity index (χ2v) is 2.13. The molecule has 0 radical (unpaired) electrons. The maximum absolute atomic E-state index is 10.5. The Morgan fingerprint density at radius 3 is 2.92 bits per heavy atom. The summed E-state index contributed by atoms with van der Waals surface area (Å²) in [6.07, 6.45) is 2.87. The van der Waals surface area contributed by atoms with Crippen LogP contribution in [0.3, 0.4) is 0 Å². The molecular formula is C6H4N4O2. The molecular weight excluding hydrogens is 160 g/mol. The molecule has 6 heteroatoms. The number of nitrogens with one attached hydrogen (secondary N) is 1. The number of fused-ring (bicyclic) bond motifs is 1. The van der Waals surface area contributed by atoms with Crippen LogP contribution in [-0.2, 0) is 0 Å². The van der Waals surface area contributed by atoms with Gasteiger partial charge in [0.25, 0.3) is 0 Å². The Morgan fingerprint density at radius 2 is 2.17 bits per heavy atom. The van der Waals surface area contributed by atoms with Gasteiger partial charge in [-0.15, -0.1) is 0 Å². The first kappa shape index (κ1) is 6.71. The van der Waals surface area contributed by atoms with E-state index in [4.69, 9.17) is 5.11 Å². The van der Waals surface area contributed by atoms with Crippen molar-refractivity contribution in [3.8, 4) is 0 Å². The highest BCUT2D eigenvalue weighted by Crippen LogP contribution is 2.08. The largest absolute Gasteiger partial charge is 0.476 e. The standard InChI is InChI=1S/C6H4N4O2/c11-6(12)4-3-5(10-9-4)8-2-1-7-3/h1-2H,(H,11,12)(H,8,9,10). The van der Waals surface area contributed by atoms with Gasteiger partial charge < -0.3 is 5.11 Å². The summed E-state index contributed by atoms with van der Waals surface area (Å²) in [4.78, 5) is 18.2. The number of carboxylic acids is 1. The minimum Gasteiger partial charge on any atom is -0.476 e. The van der Waals surface area contributed by atoms with Gasteiger partial charge in [-0.2, -0.15) is 5.10 Å². The van der Waals surface area contributed by atoms with Crippen molar-refractivity contribution in [3.63, 3.8) is 0 Å². The fourth-order valence-electron chi connectivity index (χ4n) is 0.900. The van der Waals surface area contributed by atoms with Gasteiger partial charge in [-0.05, 0) is 0 Å². The Kier molecular flexibility index (Phi) is 1.26. The number of H-pyrrole nitrogens is 1. The molecule has 2 aromatic heterocycles. The molecule has 0 saturated carbocycles. The molecule has 60 valence electrons. The number of aromatic carboxylic acids is 1. The second-order valence-electron chi connectivity index (χ2n) is 2.13. The lowest BCUT2D eigenvalue weighted by atomic mass is 10.4. The molecule has 0 spiro atoms. The number of rotatable bonds is 1. The van der Waals surface area contributed by atoms with Crippen LogP contribution in [-0.4, -0.2) is 31.2 Å². The lowest BCUT2D eigenvalue weighted by Gasteiger charge is -1.86. The van der Waals surface area contributed by atoms with Gasteiger partial charge in [0.15, 0.2) is 5.69 Å². The van der Waals surface area contributed by atoms with E-state index in [0.717, 1.165) is 0 Å². The van der Waals surface area contributed by atoms with E-state index < -0.39 is 5.97 Å². The summed E-state index contributed by atoms with van der Waals surface area (Å²) in [5.74, 6) is -1.09. The molecule has 2 rings (SSSR count). The zero-order chi connectivity index (χ0) is 8.55. The number of hydrogen-bond acceptors (Lipinski definition) is 4. The topological polar surface area (TPSA) is 91.8 Å². The van der Waals surface area contributed by atoms with Crippen molar-refractivity contribution in [2.45, 2.75) is 0 Å². The fourth-order valence-corrected chi connectivity index (χ4v) is 0.900. The van der Waals surface area contributed by atoms with Gasteiger partial charge >= 0.3 is 5.97 Å². The highest BCUT2D eigenvalue weighted by molar-refractivity contribution is 5.97. The van der Waals surface area contributed by atoms with E-state index in [1.807, 2.05) is 0 Å². The van der Waals surface area contributed by atoms with Gasteiger partial charge in [0, 0.05) is 12.4 Å². The molecule has 0 unspecified atom stereocenters. The van der Waals surface area contributed by atoms with Crippen LogP contribution in [0.25, 0.3) is 11.2 Å². The summed E-state index contributed by atoms with van der Waals surface area (Å²) in [5, 5.41) is 14.6. The first-order valence-corrected chi connectivity index (χ1v) is 3.17. The van der Waals surface area contributed by atoms with Gasteiger partial charge in [0.2, 0.25) is 5.65 Å². The van der Waals surface area contributed by atoms with Gasteiger partial charge in [0.05, 0.1) is 0 Å². The van der Waals surface area contributed by atoms with Crippen molar-refractivity contribution in [2.75, 3.05) is 0 Å². The summed E-state index contributed by atoms with van der Waals surface area (Å²) >= 11 is 0. The molecule has 0 aromatic carbocycles. The molecule has 12 heavy (non-hydrogen) atoms. The van der Waals surface area contributed by atoms with E-state index in [2.05, 4.69) is 20.2 Å². The van der Waals surface area contributed by atoms with E-state index in [1.54, 1.807) is 0 Å². The first-order valence-electron chi connectivity index (χ1n) is 3.17. The predicted octanol–water partition coefficient (Wildman–Crippen LogP) is 0.0511. The average molecular weight is 164 g/mol. The van der Waals surface area contributed by atoms with E-state index >= 15 is 0 Å². The molecule has 0 aliphatic carbocycles. The molecule has 0 saturated heterocycles. The molecule has 2 aromatic rings. The van der Waals surface area contributed by atoms with E-state index in [1.165, 1.54) is 12.4 Å². The quantitative estimate of drug-likeness (QED) is 0.621. The Balaban J connectivity index is 2.79. The zero-order valence-corrected chi connectivity index (χ0v) is 5.85. The molecule has 0 atom stereocenters. The van der Waals surface area contributed by atoms with E-state index in [-0.39, 0.29) is 11.2 Å². The zero-order valence-electron chi connectivity index (χ0n) is 5.85. The van der Waals surface area contributed by atoms with Crippen molar-refractivity contribution in [2.24, 2.45) is 0 Å². The number of carbonyl (C=O) groups is 1. The van der Waals surface area contributed by atoms with Crippen molar-refractivity contribution in [3.05, 3.63) is 18.1 Å². The summed E-state index contributed by atoms with van der Waals surface area (Å²) in [6, 6.07) is 0. The highest BCUT2D eigenvalue weighted by atomic mass is 16.4. The maximum atomic E-state index is 10.5. The van der Waals surface area contributed by atoms with Crippen LogP contribution in [0.4, 0.5) is 0 Å². The van der Waals surface area contributed by atoms with Crippen LogP contribution >= 0.6 is 0 Å². The Bertz CT molecular complexity index is 436. The van der Waals surface area contributed by atoms with Gasteiger partial charge in [-0.3, -0.25) is 5.10 Å². The SMILES string of the molecule is O=C(O)c1[nH]nc2nccnc12. The molecule has 0 bridgehead atoms. The van der Waals surface area contributed by atoms with Crippen LogP contribution in [0.2, 0.25) is 0 Å². The summed E-state index contributed by atoms with van der Waals surface area (Å²) in [6.45, 7) is 0. The second kappa shape index (κ2) is 2.26.